The molecule has 1 aromatic carbocycles. The highest BCUT2D eigenvalue weighted by atomic mass is 35.5. The Kier molecular flexibility index (Phi) is 4.36. The molecule has 1 heterocycles. The van der Waals surface area contributed by atoms with E-state index in [1.807, 2.05) is 0 Å². The zero-order valence-electron chi connectivity index (χ0n) is 8.68. The summed E-state index contributed by atoms with van der Waals surface area (Å²) in [7, 11) is 1.63. The Labute approximate surface area is 95.2 Å². The Morgan fingerprint density at radius 3 is 2.87 bits per heavy atom. The van der Waals surface area contributed by atoms with E-state index in [0.29, 0.717) is 6.54 Å². The number of ether oxygens (including phenoxy) is 1. The van der Waals surface area contributed by atoms with Crippen molar-refractivity contribution in [1.29, 1.82) is 0 Å². The average molecular weight is 232 g/mol. The van der Waals surface area contributed by atoms with E-state index in [0.717, 1.165) is 36.3 Å². The summed E-state index contributed by atoms with van der Waals surface area (Å²) in [5.74, 6) is 0.681. The van der Waals surface area contributed by atoms with Crippen LogP contribution in [-0.4, -0.2) is 13.7 Å². The number of fused-ring (bicyclic) bond motifs is 1. The van der Waals surface area contributed by atoms with Gasteiger partial charge < -0.3 is 10.1 Å². The molecule has 0 fully saturated rings. The number of rotatable bonds is 1. The van der Waals surface area contributed by atoms with Crippen molar-refractivity contribution in [1.82, 2.24) is 5.32 Å². The van der Waals surface area contributed by atoms with Gasteiger partial charge in [0.1, 0.15) is 11.6 Å². The van der Waals surface area contributed by atoms with Gasteiger partial charge in [0.15, 0.2) is 0 Å². The summed E-state index contributed by atoms with van der Waals surface area (Å²) in [5.41, 5.74) is 1.79. The highest BCUT2D eigenvalue weighted by Crippen LogP contribution is 2.27. The largest absolute Gasteiger partial charge is 0.496 e. The lowest BCUT2D eigenvalue weighted by atomic mass is 10.0. The number of hydrogen-bond acceptors (Lipinski definition) is 2. The normalized spacial score (nSPS) is 14.8. The molecule has 1 aliphatic rings. The monoisotopic (exact) mass is 231 g/mol. The Hall–Kier alpha value is -0.800. The van der Waals surface area contributed by atoms with Gasteiger partial charge in [-0.2, -0.15) is 0 Å². The van der Waals surface area contributed by atoms with E-state index in [2.05, 4.69) is 5.32 Å². The van der Waals surface area contributed by atoms with Gasteiger partial charge in [0, 0.05) is 17.7 Å². The Balaban J connectivity index is 0.00000112. The van der Waals surface area contributed by atoms with Crippen LogP contribution in [0.15, 0.2) is 12.1 Å². The number of nitrogens with one attached hydrogen (secondary N) is 1. The fraction of sp³-hybridized carbons (Fsp3) is 0.455. The quantitative estimate of drug-likeness (QED) is 0.801. The Morgan fingerprint density at radius 1 is 1.33 bits per heavy atom. The summed E-state index contributed by atoms with van der Waals surface area (Å²) in [6, 6.07) is 3.18. The zero-order chi connectivity index (χ0) is 9.97. The maximum Gasteiger partial charge on any atom is 0.128 e. The lowest BCUT2D eigenvalue weighted by Crippen LogP contribution is -2.13. The van der Waals surface area contributed by atoms with Gasteiger partial charge >= 0.3 is 0 Å². The van der Waals surface area contributed by atoms with E-state index >= 15 is 0 Å². The summed E-state index contributed by atoms with van der Waals surface area (Å²) >= 11 is 0. The maximum atomic E-state index is 13.5. The topological polar surface area (TPSA) is 21.3 Å². The van der Waals surface area contributed by atoms with Crippen molar-refractivity contribution in [2.45, 2.75) is 19.4 Å². The second-order valence-corrected chi connectivity index (χ2v) is 3.49. The first-order valence-electron chi connectivity index (χ1n) is 4.88. The molecule has 0 saturated carbocycles. The summed E-state index contributed by atoms with van der Waals surface area (Å²) in [5, 5.41) is 3.20. The highest BCUT2D eigenvalue weighted by molar-refractivity contribution is 5.85. The Morgan fingerprint density at radius 2 is 2.13 bits per heavy atom. The van der Waals surface area contributed by atoms with Crippen molar-refractivity contribution in [3.8, 4) is 5.75 Å². The molecule has 0 aromatic heterocycles. The number of halogens is 2. The molecular weight excluding hydrogens is 217 g/mol. The smallest absolute Gasteiger partial charge is 0.128 e. The fourth-order valence-electron chi connectivity index (χ4n) is 1.90. The summed E-state index contributed by atoms with van der Waals surface area (Å²) in [4.78, 5) is 0. The van der Waals surface area contributed by atoms with E-state index in [1.54, 1.807) is 13.2 Å². The molecule has 0 radical (unpaired) electrons. The molecule has 0 atom stereocenters. The minimum Gasteiger partial charge on any atom is -0.496 e. The van der Waals surface area contributed by atoms with Crippen LogP contribution in [-0.2, 0) is 13.0 Å². The molecule has 2 nitrogen and oxygen atoms in total. The standard InChI is InChI=1S/C11H14FNO.ClH/c1-14-11-5-4-10(12)9-7-13-6-2-3-8(9)11;/h4-5,13H,2-3,6-7H2,1H3;1H. The number of methoxy groups -OCH3 is 1. The van der Waals surface area contributed by atoms with Crippen molar-refractivity contribution < 1.29 is 9.13 Å². The first kappa shape index (κ1) is 12.3. The molecule has 1 N–H and O–H groups in total. The van der Waals surface area contributed by atoms with Crippen molar-refractivity contribution in [3.63, 3.8) is 0 Å². The van der Waals surface area contributed by atoms with Crippen LogP contribution >= 0.6 is 12.4 Å². The van der Waals surface area contributed by atoms with E-state index in [-0.39, 0.29) is 18.2 Å². The van der Waals surface area contributed by atoms with Crippen molar-refractivity contribution >= 4 is 12.4 Å². The zero-order valence-corrected chi connectivity index (χ0v) is 9.49. The van der Waals surface area contributed by atoms with Gasteiger partial charge in [-0.15, -0.1) is 12.4 Å². The van der Waals surface area contributed by atoms with Crippen molar-refractivity contribution in [3.05, 3.63) is 29.1 Å². The van der Waals surface area contributed by atoms with E-state index in [4.69, 9.17) is 4.74 Å². The molecule has 4 heteroatoms. The van der Waals surface area contributed by atoms with Crippen molar-refractivity contribution in [2.24, 2.45) is 0 Å². The molecule has 0 unspecified atom stereocenters. The molecule has 1 aromatic rings. The van der Waals surface area contributed by atoms with Crippen LogP contribution < -0.4 is 10.1 Å². The van der Waals surface area contributed by atoms with Crippen LogP contribution in [0.1, 0.15) is 17.5 Å². The first-order valence-corrected chi connectivity index (χ1v) is 4.88. The van der Waals surface area contributed by atoms with Gasteiger partial charge in [0.25, 0.3) is 0 Å². The molecule has 0 amide bonds. The molecule has 0 aliphatic carbocycles. The van der Waals surface area contributed by atoms with E-state index in [1.165, 1.54) is 6.07 Å². The molecule has 1 aliphatic heterocycles. The van der Waals surface area contributed by atoms with E-state index < -0.39 is 0 Å². The molecule has 2 rings (SSSR count). The predicted molar refractivity (Wildman–Crippen MR) is 60.2 cm³/mol. The van der Waals surface area contributed by atoms with Crippen LogP contribution in [0, 0.1) is 5.82 Å². The van der Waals surface area contributed by atoms with Crippen molar-refractivity contribution in [2.75, 3.05) is 13.7 Å². The number of hydrogen-bond donors (Lipinski definition) is 1. The Bertz CT molecular complexity index is 344. The minimum atomic E-state index is -0.129. The lowest BCUT2D eigenvalue weighted by Gasteiger charge is -2.11. The second-order valence-electron chi connectivity index (χ2n) is 3.49. The lowest BCUT2D eigenvalue weighted by molar-refractivity contribution is 0.407. The second kappa shape index (κ2) is 5.33. The maximum absolute atomic E-state index is 13.5. The minimum absolute atomic E-state index is 0. The fourth-order valence-corrected chi connectivity index (χ4v) is 1.90. The van der Waals surface area contributed by atoms with Gasteiger partial charge in [-0.3, -0.25) is 0 Å². The summed E-state index contributed by atoms with van der Waals surface area (Å²) in [6.45, 7) is 1.55. The SMILES string of the molecule is COc1ccc(F)c2c1CCCNC2.Cl. The third-order valence-electron chi connectivity index (χ3n) is 2.63. The van der Waals surface area contributed by atoms with E-state index in [9.17, 15) is 4.39 Å². The van der Waals surface area contributed by atoms with Gasteiger partial charge in [-0.05, 0) is 31.5 Å². The molecule has 0 saturated heterocycles. The molecule has 0 spiro atoms. The average Bonchev–Trinajstić information content (AvgIpc) is 2.44. The van der Waals surface area contributed by atoms with Gasteiger partial charge in [0.05, 0.1) is 7.11 Å². The summed E-state index contributed by atoms with van der Waals surface area (Å²) in [6.07, 6.45) is 1.93. The molecule has 15 heavy (non-hydrogen) atoms. The number of benzene rings is 1. The van der Waals surface area contributed by atoms with Crippen LogP contribution in [0.25, 0.3) is 0 Å². The highest BCUT2D eigenvalue weighted by Gasteiger charge is 2.15. The molecular formula is C11H15ClFNO. The van der Waals surface area contributed by atoms with Gasteiger partial charge in [-0.25, -0.2) is 4.39 Å². The van der Waals surface area contributed by atoms with Gasteiger partial charge in [0.2, 0.25) is 0 Å². The van der Waals surface area contributed by atoms with Crippen LogP contribution in [0.4, 0.5) is 4.39 Å². The van der Waals surface area contributed by atoms with Crippen LogP contribution in [0.5, 0.6) is 5.75 Å². The van der Waals surface area contributed by atoms with Gasteiger partial charge in [-0.1, -0.05) is 0 Å². The first-order chi connectivity index (χ1) is 6.83. The molecule has 0 bridgehead atoms. The summed E-state index contributed by atoms with van der Waals surface area (Å²) < 4.78 is 18.7. The van der Waals surface area contributed by atoms with Crippen LogP contribution in [0.2, 0.25) is 0 Å². The van der Waals surface area contributed by atoms with Crippen LogP contribution in [0.3, 0.4) is 0 Å². The molecule has 84 valence electrons. The predicted octanol–water partition coefficient (Wildman–Crippen LogP) is 2.29. The third kappa shape index (κ3) is 2.41. The third-order valence-corrected chi connectivity index (χ3v) is 2.63.